The van der Waals surface area contributed by atoms with Crippen LogP contribution in [0, 0.1) is 0 Å². The highest BCUT2D eigenvalue weighted by Crippen LogP contribution is 2.17. The number of benzene rings is 2. The van der Waals surface area contributed by atoms with Gasteiger partial charge in [0.2, 0.25) is 0 Å². The number of methoxy groups -OCH3 is 1. The number of aliphatic hydroxyl groups is 1. The second kappa shape index (κ2) is 7.81. The number of rotatable bonds is 7. The summed E-state index contributed by atoms with van der Waals surface area (Å²) in [6, 6.07) is 18.2. The molecule has 0 aromatic heterocycles. The molecule has 2 atom stereocenters. The van der Waals surface area contributed by atoms with Crippen molar-refractivity contribution in [1.82, 2.24) is 5.32 Å². The first-order chi connectivity index (χ1) is 10.2. The van der Waals surface area contributed by atoms with Crippen molar-refractivity contribution in [3.8, 4) is 5.75 Å². The van der Waals surface area contributed by atoms with E-state index in [0.717, 1.165) is 17.7 Å². The van der Waals surface area contributed by atoms with E-state index in [1.807, 2.05) is 42.5 Å². The quantitative estimate of drug-likeness (QED) is 0.822. The Balaban J connectivity index is 1.81. The van der Waals surface area contributed by atoms with Crippen molar-refractivity contribution in [3.63, 3.8) is 0 Å². The van der Waals surface area contributed by atoms with E-state index in [4.69, 9.17) is 4.74 Å². The number of aliphatic hydroxyl groups excluding tert-OH is 1. The summed E-state index contributed by atoms with van der Waals surface area (Å²) in [5.74, 6) is 0.802. The predicted octanol–water partition coefficient (Wildman–Crippen LogP) is 2.95. The van der Waals surface area contributed by atoms with Crippen LogP contribution < -0.4 is 10.1 Å². The fourth-order valence-electron chi connectivity index (χ4n) is 2.30. The zero-order chi connectivity index (χ0) is 15.1. The molecule has 0 fully saturated rings. The molecule has 0 unspecified atom stereocenters. The van der Waals surface area contributed by atoms with Gasteiger partial charge in [0.15, 0.2) is 0 Å². The summed E-state index contributed by atoms with van der Waals surface area (Å²) in [5.41, 5.74) is 2.20. The van der Waals surface area contributed by atoms with Gasteiger partial charge < -0.3 is 15.2 Å². The highest BCUT2D eigenvalue weighted by molar-refractivity contribution is 5.28. The average molecular weight is 285 g/mol. The molecule has 0 aliphatic heterocycles. The minimum absolute atomic E-state index is 0.320. The van der Waals surface area contributed by atoms with Crippen LogP contribution in [0.1, 0.15) is 24.2 Å². The van der Waals surface area contributed by atoms with Crippen LogP contribution in [0.2, 0.25) is 0 Å². The Hall–Kier alpha value is -1.84. The van der Waals surface area contributed by atoms with Gasteiger partial charge in [-0.15, -0.1) is 0 Å². The number of ether oxygens (including phenoxy) is 1. The molecule has 0 bridgehead atoms. The summed E-state index contributed by atoms with van der Waals surface area (Å²) in [6.45, 7) is 2.67. The maximum atomic E-state index is 10.2. The highest BCUT2D eigenvalue weighted by atomic mass is 16.5. The van der Waals surface area contributed by atoms with Crippen molar-refractivity contribution < 1.29 is 9.84 Å². The van der Waals surface area contributed by atoms with E-state index in [2.05, 4.69) is 24.4 Å². The molecule has 2 aromatic rings. The average Bonchev–Trinajstić information content (AvgIpc) is 2.53. The molecule has 0 aliphatic carbocycles. The lowest BCUT2D eigenvalue weighted by Gasteiger charge is -2.17. The van der Waals surface area contributed by atoms with Crippen molar-refractivity contribution in [2.75, 3.05) is 13.7 Å². The second-order valence-electron chi connectivity index (χ2n) is 5.29. The lowest BCUT2D eigenvalue weighted by atomic mass is 10.1. The maximum absolute atomic E-state index is 10.2. The third kappa shape index (κ3) is 4.88. The normalized spacial score (nSPS) is 13.7. The Morgan fingerprint density at radius 1 is 1.05 bits per heavy atom. The first-order valence-corrected chi connectivity index (χ1v) is 7.28. The Kier molecular flexibility index (Phi) is 5.78. The van der Waals surface area contributed by atoms with Crippen LogP contribution in [0.25, 0.3) is 0 Å². The molecule has 0 aliphatic rings. The topological polar surface area (TPSA) is 41.5 Å². The molecule has 0 saturated heterocycles. The van der Waals surface area contributed by atoms with E-state index in [0.29, 0.717) is 12.6 Å². The van der Waals surface area contributed by atoms with E-state index in [9.17, 15) is 5.11 Å². The third-order valence-corrected chi connectivity index (χ3v) is 3.54. The summed E-state index contributed by atoms with van der Waals surface area (Å²) < 4.78 is 5.12. The third-order valence-electron chi connectivity index (χ3n) is 3.54. The van der Waals surface area contributed by atoms with Crippen LogP contribution in [0.3, 0.4) is 0 Å². The van der Waals surface area contributed by atoms with Gasteiger partial charge in [0.25, 0.3) is 0 Å². The molecule has 2 rings (SSSR count). The minimum Gasteiger partial charge on any atom is -0.497 e. The monoisotopic (exact) mass is 285 g/mol. The molecule has 2 N–H and O–H groups in total. The fraction of sp³-hybridized carbons (Fsp3) is 0.333. The van der Waals surface area contributed by atoms with Gasteiger partial charge in [0, 0.05) is 12.6 Å². The summed E-state index contributed by atoms with van der Waals surface area (Å²) >= 11 is 0. The van der Waals surface area contributed by atoms with E-state index in [1.165, 1.54) is 5.56 Å². The predicted molar refractivity (Wildman–Crippen MR) is 85.6 cm³/mol. The van der Waals surface area contributed by atoms with Crippen molar-refractivity contribution in [2.24, 2.45) is 0 Å². The zero-order valence-electron chi connectivity index (χ0n) is 12.6. The summed E-state index contributed by atoms with van der Waals surface area (Å²) in [6.07, 6.45) is 0.449. The van der Waals surface area contributed by atoms with Crippen molar-refractivity contribution in [2.45, 2.75) is 25.5 Å². The molecule has 0 spiro atoms. The number of nitrogens with one attached hydrogen (secondary N) is 1. The first-order valence-electron chi connectivity index (χ1n) is 7.28. The number of hydrogen-bond acceptors (Lipinski definition) is 3. The second-order valence-corrected chi connectivity index (χ2v) is 5.29. The number of hydrogen-bond donors (Lipinski definition) is 2. The smallest absolute Gasteiger partial charge is 0.118 e. The molecular formula is C18H23NO2. The minimum atomic E-state index is -0.505. The molecule has 3 nitrogen and oxygen atoms in total. The van der Waals surface area contributed by atoms with E-state index >= 15 is 0 Å². The Morgan fingerprint density at radius 2 is 1.71 bits per heavy atom. The Morgan fingerprint density at radius 3 is 2.33 bits per heavy atom. The molecule has 2 aromatic carbocycles. The SMILES string of the molecule is COc1ccc([C@H](O)CN[C@H](C)Cc2ccccc2)cc1. The molecule has 0 radical (unpaired) electrons. The molecule has 21 heavy (non-hydrogen) atoms. The molecule has 112 valence electrons. The van der Waals surface area contributed by atoms with Gasteiger partial charge in [0.1, 0.15) is 5.75 Å². The fourth-order valence-corrected chi connectivity index (χ4v) is 2.30. The van der Waals surface area contributed by atoms with Crippen molar-refractivity contribution in [1.29, 1.82) is 0 Å². The van der Waals surface area contributed by atoms with E-state index in [-0.39, 0.29) is 0 Å². The highest BCUT2D eigenvalue weighted by Gasteiger charge is 2.10. The van der Waals surface area contributed by atoms with Crippen LogP contribution in [-0.2, 0) is 6.42 Å². The lowest BCUT2D eigenvalue weighted by molar-refractivity contribution is 0.170. The van der Waals surface area contributed by atoms with Gasteiger partial charge in [0.05, 0.1) is 13.2 Å². The van der Waals surface area contributed by atoms with Crippen LogP contribution in [-0.4, -0.2) is 24.8 Å². The molecule has 0 saturated carbocycles. The summed E-state index contributed by atoms with van der Waals surface area (Å²) in [4.78, 5) is 0. The van der Waals surface area contributed by atoms with Gasteiger partial charge in [-0.1, -0.05) is 42.5 Å². The molecular weight excluding hydrogens is 262 g/mol. The van der Waals surface area contributed by atoms with Crippen LogP contribution >= 0.6 is 0 Å². The first kappa shape index (κ1) is 15.5. The van der Waals surface area contributed by atoms with Gasteiger partial charge in [-0.05, 0) is 36.6 Å². The van der Waals surface area contributed by atoms with Crippen LogP contribution in [0.5, 0.6) is 5.75 Å². The Bertz CT molecular complexity index is 525. The Labute approximate surface area is 126 Å². The maximum Gasteiger partial charge on any atom is 0.118 e. The zero-order valence-corrected chi connectivity index (χ0v) is 12.6. The molecule has 3 heteroatoms. The van der Waals surface area contributed by atoms with Gasteiger partial charge in [-0.2, -0.15) is 0 Å². The lowest BCUT2D eigenvalue weighted by Crippen LogP contribution is -2.32. The van der Waals surface area contributed by atoms with Gasteiger partial charge >= 0.3 is 0 Å². The largest absolute Gasteiger partial charge is 0.497 e. The van der Waals surface area contributed by atoms with E-state index < -0.39 is 6.10 Å². The summed E-state index contributed by atoms with van der Waals surface area (Å²) in [5, 5.41) is 13.6. The standard InChI is InChI=1S/C18H23NO2/c1-14(12-15-6-4-3-5-7-15)19-13-18(20)16-8-10-17(21-2)11-9-16/h3-11,14,18-20H,12-13H2,1-2H3/t14-,18-/m1/s1. The van der Waals surface area contributed by atoms with Gasteiger partial charge in [-0.25, -0.2) is 0 Å². The van der Waals surface area contributed by atoms with Gasteiger partial charge in [-0.3, -0.25) is 0 Å². The van der Waals surface area contributed by atoms with Crippen molar-refractivity contribution in [3.05, 3.63) is 65.7 Å². The molecule has 0 amide bonds. The van der Waals surface area contributed by atoms with Crippen LogP contribution in [0.4, 0.5) is 0 Å². The molecule has 0 heterocycles. The van der Waals surface area contributed by atoms with Crippen molar-refractivity contribution >= 4 is 0 Å². The summed E-state index contributed by atoms with van der Waals surface area (Å²) in [7, 11) is 1.64. The van der Waals surface area contributed by atoms with E-state index in [1.54, 1.807) is 7.11 Å². The van der Waals surface area contributed by atoms with Crippen LogP contribution in [0.15, 0.2) is 54.6 Å².